The zero-order valence-corrected chi connectivity index (χ0v) is 12.4. The number of hydrogen-bond donors (Lipinski definition) is 0. The zero-order valence-electron chi connectivity index (χ0n) is 12.4. The monoisotopic (exact) mass is 232 g/mol. The molecular formula is C17H28. The molecule has 0 heteroatoms. The minimum atomic E-state index is 1.08. The van der Waals surface area contributed by atoms with Crippen molar-refractivity contribution in [3.63, 3.8) is 0 Å². The van der Waals surface area contributed by atoms with Crippen LogP contribution in [-0.4, -0.2) is 0 Å². The molecule has 0 radical (unpaired) electrons. The van der Waals surface area contributed by atoms with Gasteiger partial charge in [-0.15, -0.1) is 5.73 Å². The summed E-state index contributed by atoms with van der Waals surface area (Å²) >= 11 is 0. The number of hydrogen-bond acceptors (Lipinski definition) is 0. The Bertz CT molecular complexity index is 264. The van der Waals surface area contributed by atoms with E-state index < -0.39 is 0 Å². The summed E-state index contributed by atoms with van der Waals surface area (Å²) in [6, 6.07) is 0. The quantitative estimate of drug-likeness (QED) is 0.511. The molecule has 0 aromatic rings. The maximum atomic E-state index is 3.71. The van der Waals surface area contributed by atoms with E-state index in [1.165, 1.54) is 0 Å². The largest absolute Gasteiger partial charge is 0.121 e. The van der Waals surface area contributed by atoms with E-state index in [9.17, 15) is 0 Å². The van der Waals surface area contributed by atoms with Gasteiger partial charge in [-0.2, -0.15) is 0 Å². The van der Waals surface area contributed by atoms with Gasteiger partial charge in [-0.3, -0.25) is 0 Å². The summed E-state index contributed by atoms with van der Waals surface area (Å²) in [5, 5.41) is 0. The van der Waals surface area contributed by atoms with Crippen molar-refractivity contribution in [2.75, 3.05) is 0 Å². The van der Waals surface area contributed by atoms with Gasteiger partial charge in [0.15, 0.2) is 0 Å². The first-order valence-corrected chi connectivity index (χ1v) is 6.47. The average molecular weight is 232 g/mol. The maximum Gasteiger partial charge on any atom is -0.0184 e. The molecule has 0 aromatic heterocycles. The smallest absolute Gasteiger partial charge is 0.0184 e. The van der Waals surface area contributed by atoms with Crippen LogP contribution in [0.4, 0.5) is 0 Å². The van der Waals surface area contributed by atoms with Crippen LogP contribution in [0, 0.1) is 0 Å². The lowest BCUT2D eigenvalue weighted by Crippen LogP contribution is -1.79. The Balaban J connectivity index is -0.000000285. The normalized spacial score (nSPS) is 10.7. The van der Waals surface area contributed by atoms with Crippen LogP contribution in [0.25, 0.3) is 0 Å². The van der Waals surface area contributed by atoms with Gasteiger partial charge in [0.1, 0.15) is 0 Å². The summed E-state index contributed by atoms with van der Waals surface area (Å²) in [7, 11) is 0. The molecule has 1 aliphatic rings. The molecule has 0 heterocycles. The predicted molar refractivity (Wildman–Crippen MR) is 83.3 cm³/mol. The Morgan fingerprint density at radius 1 is 0.765 bits per heavy atom. The summed E-state index contributed by atoms with van der Waals surface area (Å²) in [4.78, 5) is 0. The summed E-state index contributed by atoms with van der Waals surface area (Å²) in [5.74, 6) is 0. The van der Waals surface area contributed by atoms with E-state index in [1.54, 1.807) is 0 Å². The van der Waals surface area contributed by atoms with Gasteiger partial charge in [-0.05, 0) is 35.5 Å². The lowest BCUT2D eigenvalue weighted by Gasteiger charge is -1.98. The highest BCUT2D eigenvalue weighted by Crippen LogP contribution is 2.13. The van der Waals surface area contributed by atoms with Crippen LogP contribution in [-0.2, 0) is 0 Å². The van der Waals surface area contributed by atoms with Crippen LogP contribution in [0.5, 0.6) is 0 Å². The van der Waals surface area contributed by atoms with Gasteiger partial charge in [0.2, 0.25) is 0 Å². The molecule has 0 fully saturated rings. The van der Waals surface area contributed by atoms with Crippen LogP contribution in [0.15, 0.2) is 66.5 Å². The molecule has 0 amide bonds. The van der Waals surface area contributed by atoms with E-state index in [0.29, 0.717) is 0 Å². The van der Waals surface area contributed by atoms with Crippen molar-refractivity contribution < 1.29 is 0 Å². The van der Waals surface area contributed by atoms with E-state index >= 15 is 0 Å². The molecule has 0 bridgehead atoms. The van der Waals surface area contributed by atoms with Crippen LogP contribution in [0.3, 0.4) is 0 Å². The molecule has 0 saturated heterocycles. The second kappa shape index (κ2) is 20.0. The fraction of sp³-hybridized carbons (Fsp3) is 0.353. The molecule has 0 N–H and O–H groups in total. The van der Waals surface area contributed by atoms with E-state index in [4.69, 9.17) is 0 Å². The van der Waals surface area contributed by atoms with Crippen LogP contribution >= 0.6 is 0 Å². The van der Waals surface area contributed by atoms with Gasteiger partial charge in [-0.25, -0.2) is 0 Å². The molecule has 0 aromatic carbocycles. The Kier molecular flexibility index (Phi) is 24.5. The topological polar surface area (TPSA) is 0 Å². The van der Waals surface area contributed by atoms with Crippen molar-refractivity contribution in [2.24, 2.45) is 0 Å². The Morgan fingerprint density at radius 3 is 1.29 bits per heavy atom. The highest BCUT2D eigenvalue weighted by Gasteiger charge is 1.94. The van der Waals surface area contributed by atoms with Gasteiger partial charge in [0.25, 0.3) is 0 Å². The highest BCUT2D eigenvalue weighted by molar-refractivity contribution is 5.49. The van der Waals surface area contributed by atoms with Crippen molar-refractivity contribution in [2.45, 2.75) is 41.5 Å². The maximum absolute atomic E-state index is 3.71. The Labute approximate surface area is 108 Å². The first kappa shape index (κ1) is 20.8. The molecule has 0 unspecified atom stereocenters. The molecule has 0 spiro atoms. The number of allylic oxidation sites excluding steroid dienone is 7. The van der Waals surface area contributed by atoms with E-state index in [1.807, 2.05) is 78.0 Å². The summed E-state index contributed by atoms with van der Waals surface area (Å²) in [6.45, 7) is 19.4. The second-order valence-electron chi connectivity index (χ2n) is 2.15. The highest BCUT2D eigenvalue weighted by atomic mass is 14.0. The number of rotatable bonds is 2. The SMILES string of the molecule is C=CC1=CC=C=CC=C1C=C.CC.CC.CC. The van der Waals surface area contributed by atoms with Crippen molar-refractivity contribution in [1.29, 1.82) is 0 Å². The fourth-order valence-corrected chi connectivity index (χ4v) is 0.896. The first-order chi connectivity index (χ1) is 8.38. The lowest BCUT2D eigenvalue weighted by atomic mass is 10.1. The average Bonchev–Trinajstić information content (AvgIpc) is 2.70. The van der Waals surface area contributed by atoms with Crippen molar-refractivity contribution >= 4 is 0 Å². The second-order valence-corrected chi connectivity index (χ2v) is 2.15. The molecule has 1 rings (SSSR count). The third kappa shape index (κ3) is 10.8. The molecule has 0 aliphatic heterocycles. The van der Waals surface area contributed by atoms with E-state index in [2.05, 4.69) is 18.9 Å². The standard InChI is InChI=1S/C11H10.3C2H6/c1-3-10-8-6-5-7-9-11(10)4-2;3*1-2/h3-4,6-9H,1-2H2;3*1-2H3. The van der Waals surface area contributed by atoms with Crippen molar-refractivity contribution in [3.05, 3.63) is 66.5 Å². The van der Waals surface area contributed by atoms with Gasteiger partial charge in [0, 0.05) is 0 Å². The third-order valence-corrected chi connectivity index (χ3v) is 1.49. The summed E-state index contributed by atoms with van der Waals surface area (Å²) < 4.78 is 0. The zero-order chi connectivity index (χ0) is 14.1. The molecule has 17 heavy (non-hydrogen) atoms. The summed E-state index contributed by atoms with van der Waals surface area (Å²) in [5.41, 5.74) is 5.15. The molecule has 0 atom stereocenters. The van der Waals surface area contributed by atoms with Gasteiger partial charge >= 0.3 is 0 Å². The van der Waals surface area contributed by atoms with E-state index in [-0.39, 0.29) is 0 Å². The van der Waals surface area contributed by atoms with Gasteiger partial charge < -0.3 is 0 Å². The Hall–Kier alpha value is -1.52. The fourth-order valence-electron chi connectivity index (χ4n) is 0.896. The van der Waals surface area contributed by atoms with Gasteiger partial charge in [0.05, 0.1) is 0 Å². The first-order valence-electron chi connectivity index (χ1n) is 6.47. The Morgan fingerprint density at radius 2 is 1.06 bits per heavy atom. The molecule has 0 nitrogen and oxygen atoms in total. The van der Waals surface area contributed by atoms with Crippen LogP contribution in [0.2, 0.25) is 0 Å². The minimum absolute atomic E-state index is 1.08. The molecule has 0 saturated carbocycles. The van der Waals surface area contributed by atoms with Crippen molar-refractivity contribution in [3.8, 4) is 0 Å². The minimum Gasteiger partial charge on any atom is -0.121 e. The van der Waals surface area contributed by atoms with Crippen molar-refractivity contribution in [1.82, 2.24) is 0 Å². The van der Waals surface area contributed by atoms with Gasteiger partial charge in [-0.1, -0.05) is 66.9 Å². The lowest BCUT2D eigenvalue weighted by molar-refractivity contribution is 1.50. The van der Waals surface area contributed by atoms with E-state index in [0.717, 1.165) is 11.1 Å². The molecule has 96 valence electrons. The predicted octanol–water partition coefficient (Wildman–Crippen LogP) is 6.01. The molecule has 1 aliphatic carbocycles. The molecular weight excluding hydrogens is 204 g/mol. The van der Waals surface area contributed by atoms with Crippen LogP contribution in [0.1, 0.15) is 41.5 Å². The third-order valence-electron chi connectivity index (χ3n) is 1.49. The summed E-state index contributed by atoms with van der Waals surface area (Å²) in [6.07, 6.45) is 11.3. The van der Waals surface area contributed by atoms with Crippen LogP contribution < -0.4 is 0 Å².